The van der Waals surface area contributed by atoms with Crippen LogP contribution in [0, 0.1) is 5.92 Å². The van der Waals surface area contributed by atoms with E-state index < -0.39 is 0 Å². The molecule has 0 aromatic carbocycles. The molecule has 1 N–H and O–H groups in total. The van der Waals surface area contributed by atoms with Crippen LogP contribution >= 0.6 is 11.3 Å². The molecule has 2 unspecified atom stereocenters. The molecule has 1 saturated heterocycles. The van der Waals surface area contributed by atoms with E-state index in [1.165, 1.54) is 57.2 Å². The highest BCUT2D eigenvalue weighted by Crippen LogP contribution is 2.34. The van der Waals surface area contributed by atoms with Crippen molar-refractivity contribution in [1.82, 2.24) is 10.2 Å². The average Bonchev–Trinajstić information content (AvgIpc) is 3.00. The third kappa shape index (κ3) is 3.52. The monoisotopic (exact) mass is 306 g/mol. The van der Waals surface area contributed by atoms with Gasteiger partial charge in [-0.2, -0.15) is 11.3 Å². The lowest BCUT2D eigenvalue weighted by atomic mass is 9.78. The zero-order chi connectivity index (χ0) is 14.7. The molecule has 2 heterocycles. The molecule has 1 aliphatic carbocycles. The Kier molecular flexibility index (Phi) is 5.03. The van der Waals surface area contributed by atoms with Gasteiger partial charge in [-0.3, -0.25) is 4.90 Å². The number of nitrogens with zero attached hydrogens (tertiary/aromatic N) is 1. The van der Waals surface area contributed by atoms with E-state index in [9.17, 15) is 0 Å². The van der Waals surface area contributed by atoms with Crippen LogP contribution in [-0.4, -0.2) is 29.6 Å². The van der Waals surface area contributed by atoms with E-state index in [2.05, 4.69) is 40.9 Å². The van der Waals surface area contributed by atoms with Crippen molar-refractivity contribution in [1.29, 1.82) is 0 Å². The van der Waals surface area contributed by atoms with Gasteiger partial charge in [-0.05, 0) is 41.1 Å². The van der Waals surface area contributed by atoms with Gasteiger partial charge in [0.15, 0.2) is 0 Å². The number of rotatable bonds is 4. The number of thiophene rings is 1. The normalized spacial score (nSPS) is 27.8. The van der Waals surface area contributed by atoms with Crippen molar-refractivity contribution in [2.75, 3.05) is 13.1 Å². The van der Waals surface area contributed by atoms with Gasteiger partial charge in [-0.15, -0.1) is 0 Å². The second-order valence-corrected chi connectivity index (χ2v) is 7.99. The predicted molar refractivity (Wildman–Crippen MR) is 91.8 cm³/mol. The van der Waals surface area contributed by atoms with Crippen LogP contribution in [0.3, 0.4) is 0 Å². The topological polar surface area (TPSA) is 15.3 Å². The maximum absolute atomic E-state index is 3.97. The Labute approximate surface area is 133 Å². The molecule has 1 aromatic rings. The molecule has 0 radical (unpaired) electrons. The lowest BCUT2D eigenvalue weighted by Crippen LogP contribution is -2.65. The van der Waals surface area contributed by atoms with E-state index in [0.717, 1.165) is 12.5 Å². The molecule has 21 heavy (non-hydrogen) atoms. The summed E-state index contributed by atoms with van der Waals surface area (Å²) < 4.78 is 0. The van der Waals surface area contributed by atoms with Crippen LogP contribution < -0.4 is 5.32 Å². The molecule has 1 saturated carbocycles. The first-order valence-corrected chi connectivity index (χ1v) is 9.67. The Hall–Kier alpha value is -0.380. The summed E-state index contributed by atoms with van der Waals surface area (Å²) in [5, 5.41) is 8.51. The van der Waals surface area contributed by atoms with Gasteiger partial charge in [0, 0.05) is 31.2 Å². The van der Waals surface area contributed by atoms with E-state index in [4.69, 9.17) is 0 Å². The third-order valence-electron chi connectivity index (χ3n) is 5.74. The number of nitrogens with one attached hydrogen (secondary N) is 1. The Morgan fingerprint density at radius 2 is 2.19 bits per heavy atom. The molecule has 0 amide bonds. The maximum Gasteiger partial charge on any atom is 0.0309 e. The maximum atomic E-state index is 3.97. The molecule has 2 aliphatic rings. The second kappa shape index (κ2) is 6.80. The van der Waals surface area contributed by atoms with Crippen molar-refractivity contribution in [3.63, 3.8) is 0 Å². The van der Waals surface area contributed by atoms with Crippen molar-refractivity contribution in [2.45, 2.75) is 70.5 Å². The molecular formula is C18H30N2S. The van der Waals surface area contributed by atoms with E-state index in [1.54, 1.807) is 0 Å². The van der Waals surface area contributed by atoms with Crippen molar-refractivity contribution >= 4 is 11.3 Å². The molecule has 1 aliphatic heterocycles. The summed E-state index contributed by atoms with van der Waals surface area (Å²) in [7, 11) is 0. The number of hydrogen-bond donors (Lipinski definition) is 1. The van der Waals surface area contributed by atoms with Crippen molar-refractivity contribution in [2.24, 2.45) is 5.92 Å². The van der Waals surface area contributed by atoms with Crippen LogP contribution in [-0.2, 0) is 6.54 Å². The van der Waals surface area contributed by atoms with E-state index in [1.807, 2.05) is 11.3 Å². The van der Waals surface area contributed by atoms with Gasteiger partial charge in [-0.25, -0.2) is 0 Å². The molecule has 2 fully saturated rings. The van der Waals surface area contributed by atoms with Crippen LogP contribution in [0.25, 0.3) is 0 Å². The summed E-state index contributed by atoms with van der Waals surface area (Å²) in [5.74, 6) is 0.775. The molecule has 2 atom stereocenters. The first kappa shape index (κ1) is 15.5. The van der Waals surface area contributed by atoms with Gasteiger partial charge in [0.05, 0.1) is 0 Å². The Balaban J connectivity index is 1.74. The van der Waals surface area contributed by atoms with E-state index in [0.29, 0.717) is 11.6 Å². The summed E-state index contributed by atoms with van der Waals surface area (Å²) in [4.78, 5) is 2.79. The summed E-state index contributed by atoms with van der Waals surface area (Å²) in [6, 6.07) is 3.00. The minimum atomic E-state index is 0.415. The summed E-state index contributed by atoms with van der Waals surface area (Å²) in [6.45, 7) is 8.32. The largest absolute Gasteiger partial charge is 0.308 e. The summed E-state index contributed by atoms with van der Waals surface area (Å²) in [6.07, 6.45) is 8.28. The smallest absolute Gasteiger partial charge is 0.0309 e. The van der Waals surface area contributed by atoms with Gasteiger partial charge >= 0.3 is 0 Å². The molecule has 3 heteroatoms. The highest BCUT2D eigenvalue weighted by molar-refractivity contribution is 7.07. The fourth-order valence-corrected chi connectivity index (χ4v) is 4.86. The molecule has 1 spiro atoms. The van der Waals surface area contributed by atoms with Crippen LogP contribution in [0.2, 0.25) is 0 Å². The Morgan fingerprint density at radius 3 is 2.86 bits per heavy atom. The highest BCUT2D eigenvalue weighted by atomic mass is 32.1. The van der Waals surface area contributed by atoms with Crippen molar-refractivity contribution < 1.29 is 0 Å². The predicted octanol–water partition coefficient (Wildman–Crippen LogP) is 4.27. The Bertz CT molecular complexity index is 422. The van der Waals surface area contributed by atoms with Crippen LogP contribution in [0.4, 0.5) is 0 Å². The zero-order valence-electron chi connectivity index (χ0n) is 13.6. The van der Waals surface area contributed by atoms with Gasteiger partial charge in [-0.1, -0.05) is 39.5 Å². The molecule has 1 aromatic heterocycles. The second-order valence-electron chi connectivity index (χ2n) is 7.21. The fourth-order valence-electron chi connectivity index (χ4n) is 4.20. The van der Waals surface area contributed by atoms with Crippen LogP contribution in [0.5, 0.6) is 0 Å². The van der Waals surface area contributed by atoms with Crippen molar-refractivity contribution in [3.05, 3.63) is 22.4 Å². The lowest BCUT2D eigenvalue weighted by molar-refractivity contribution is 0.0268. The number of piperazine rings is 1. The zero-order valence-corrected chi connectivity index (χ0v) is 14.4. The molecule has 118 valence electrons. The minimum absolute atomic E-state index is 0.415. The first-order chi connectivity index (χ1) is 10.2. The molecule has 2 nitrogen and oxygen atoms in total. The lowest BCUT2D eigenvalue weighted by Gasteiger charge is -2.51. The SMILES string of the molecule is CCC(C)C1CNC2(CCCCC2)CN1Cc1ccsc1. The standard InChI is InChI=1S/C18H30N2S/c1-3-15(2)17-11-19-18(8-5-4-6-9-18)14-20(17)12-16-7-10-21-13-16/h7,10,13,15,17,19H,3-6,8-9,11-12,14H2,1-2H3. The highest BCUT2D eigenvalue weighted by Gasteiger charge is 2.40. The van der Waals surface area contributed by atoms with Crippen LogP contribution in [0.15, 0.2) is 16.8 Å². The number of hydrogen-bond acceptors (Lipinski definition) is 3. The fraction of sp³-hybridized carbons (Fsp3) is 0.778. The van der Waals surface area contributed by atoms with Crippen LogP contribution in [0.1, 0.15) is 57.9 Å². The van der Waals surface area contributed by atoms with Gasteiger partial charge < -0.3 is 5.32 Å². The Morgan fingerprint density at radius 1 is 1.38 bits per heavy atom. The first-order valence-electron chi connectivity index (χ1n) is 8.72. The summed E-state index contributed by atoms with van der Waals surface area (Å²) >= 11 is 1.83. The molecule has 3 rings (SSSR count). The van der Waals surface area contributed by atoms with Crippen molar-refractivity contribution in [3.8, 4) is 0 Å². The van der Waals surface area contributed by atoms with Gasteiger partial charge in [0.25, 0.3) is 0 Å². The van der Waals surface area contributed by atoms with E-state index >= 15 is 0 Å². The van der Waals surface area contributed by atoms with E-state index in [-0.39, 0.29) is 0 Å². The quantitative estimate of drug-likeness (QED) is 0.893. The third-order valence-corrected chi connectivity index (χ3v) is 6.47. The summed E-state index contributed by atoms with van der Waals surface area (Å²) in [5.41, 5.74) is 1.92. The van der Waals surface area contributed by atoms with Gasteiger partial charge in [0.1, 0.15) is 0 Å². The molecular weight excluding hydrogens is 276 g/mol. The average molecular weight is 307 g/mol. The van der Waals surface area contributed by atoms with Gasteiger partial charge in [0.2, 0.25) is 0 Å². The molecule has 0 bridgehead atoms. The minimum Gasteiger partial charge on any atom is -0.308 e.